The van der Waals surface area contributed by atoms with Crippen LogP contribution in [-0.2, 0) is 9.84 Å². The van der Waals surface area contributed by atoms with Gasteiger partial charge in [0.05, 0.1) is 9.79 Å². The van der Waals surface area contributed by atoms with Crippen molar-refractivity contribution in [3.8, 4) is 22.3 Å². The summed E-state index contributed by atoms with van der Waals surface area (Å²) in [6.07, 6.45) is 0. The van der Waals surface area contributed by atoms with Gasteiger partial charge in [-0.1, -0.05) is 60.7 Å². The Balaban J connectivity index is 1.93. The molecule has 5 heteroatoms. The van der Waals surface area contributed by atoms with E-state index in [9.17, 15) is 8.42 Å². The van der Waals surface area contributed by atoms with Crippen molar-refractivity contribution in [1.82, 2.24) is 0 Å². The van der Waals surface area contributed by atoms with Crippen LogP contribution in [0.25, 0.3) is 22.3 Å². The molecule has 4 N–H and O–H groups in total. The third kappa shape index (κ3) is 3.60. The number of nitrogens with two attached hydrogens (primary N) is 2. The van der Waals surface area contributed by atoms with Crippen LogP contribution in [0.15, 0.2) is 107 Å². The third-order valence-electron chi connectivity index (χ3n) is 4.75. The van der Waals surface area contributed by atoms with E-state index in [0.29, 0.717) is 22.5 Å². The molecule has 0 spiro atoms. The van der Waals surface area contributed by atoms with E-state index in [4.69, 9.17) is 11.5 Å². The van der Waals surface area contributed by atoms with Gasteiger partial charge in [0.25, 0.3) is 0 Å². The van der Waals surface area contributed by atoms with E-state index < -0.39 is 9.84 Å². The van der Waals surface area contributed by atoms with Crippen LogP contribution < -0.4 is 11.5 Å². The number of sulfone groups is 1. The van der Waals surface area contributed by atoms with Crippen molar-refractivity contribution < 1.29 is 8.42 Å². The normalized spacial score (nSPS) is 11.3. The average molecular weight is 401 g/mol. The summed E-state index contributed by atoms with van der Waals surface area (Å²) in [5.41, 5.74) is 15.7. The van der Waals surface area contributed by atoms with Gasteiger partial charge in [-0.15, -0.1) is 0 Å². The summed E-state index contributed by atoms with van der Waals surface area (Å²) in [6, 6.07) is 28.4. The molecule has 29 heavy (non-hydrogen) atoms. The lowest BCUT2D eigenvalue weighted by molar-refractivity contribution is 0.596. The second kappa shape index (κ2) is 7.45. The van der Waals surface area contributed by atoms with E-state index in [1.54, 1.807) is 60.7 Å². The summed E-state index contributed by atoms with van der Waals surface area (Å²) in [6.45, 7) is 0. The largest absolute Gasteiger partial charge is 0.399 e. The Bertz CT molecular complexity index is 1200. The van der Waals surface area contributed by atoms with Crippen molar-refractivity contribution in [3.05, 3.63) is 97.1 Å². The van der Waals surface area contributed by atoms with Crippen molar-refractivity contribution in [2.45, 2.75) is 9.79 Å². The van der Waals surface area contributed by atoms with Gasteiger partial charge in [-0.3, -0.25) is 0 Å². The predicted molar refractivity (Wildman–Crippen MR) is 118 cm³/mol. The Morgan fingerprint density at radius 2 is 0.931 bits per heavy atom. The number of hydrogen-bond donors (Lipinski definition) is 2. The highest BCUT2D eigenvalue weighted by Crippen LogP contribution is 2.36. The quantitative estimate of drug-likeness (QED) is 0.471. The minimum Gasteiger partial charge on any atom is -0.399 e. The van der Waals surface area contributed by atoms with Crippen molar-refractivity contribution >= 4 is 21.2 Å². The highest BCUT2D eigenvalue weighted by molar-refractivity contribution is 7.91. The first-order valence-corrected chi connectivity index (χ1v) is 10.6. The zero-order valence-corrected chi connectivity index (χ0v) is 16.4. The fourth-order valence-corrected chi connectivity index (χ4v) is 5.11. The highest BCUT2D eigenvalue weighted by Gasteiger charge is 2.25. The molecule has 0 unspecified atom stereocenters. The molecule has 0 aliphatic heterocycles. The molecule has 0 fully saturated rings. The summed E-state index contributed by atoms with van der Waals surface area (Å²) in [5.74, 6) is 0. The number of benzene rings is 4. The van der Waals surface area contributed by atoms with E-state index in [2.05, 4.69) is 0 Å². The summed E-state index contributed by atoms with van der Waals surface area (Å²) in [5, 5.41) is 0. The van der Waals surface area contributed by atoms with Gasteiger partial charge in [0, 0.05) is 22.5 Å². The Morgan fingerprint density at radius 1 is 0.517 bits per heavy atom. The first-order chi connectivity index (χ1) is 14.0. The van der Waals surface area contributed by atoms with E-state index in [-0.39, 0.29) is 9.79 Å². The van der Waals surface area contributed by atoms with Crippen LogP contribution in [0.1, 0.15) is 0 Å². The summed E-state index contributed by atoms with van der Waals surface area (Å²) in [7, 11) is -3.80. The molecule has 0 aliphatic rings. The van der Waals surface area contributed by atoms with Crippen LogP contribution in [0.2, 0.25) is 0 Å². The van der Waals surface area contributed by atoms with Gasteiger partial charge in [-0.05, 0) is 47.5 Å². The van der Waals surface area contributed by atoms with Crippen molar-refractivity contribution in [2.75, 3.05) is 11.5 Å². The van der Waals surface area contributed by atoms with Crippen LogP contribution >= 0.6 is 0 Å². The maximum Gasteiger partial charge on any atom is 0.207 e. The Kier molecular flexibility index (Phi) is 4.82. The van der Waals surface area contributed by atoms with Gasteiger partial charge in [-0.2, -0.15) is 0 Å². The fraction of sp³-hybridized carbons (Fsp3) is 0. The summed E-state index contributed by atoms with van der Waals surface area (Å²) < 4.78 is 27.5. The van der Waals surface area contributed by atoms with E-state index in [1.807, 2.05) is 36.4 Å². The van der Waals surface area contributed by atoms with Crippen molar-refractivity contribution in [3.63, 3.8) is 0 Å². The van der Waals surface area contributed by atoms with Crippen LogP contribution in [0.3, 0.4) is 0 Å². The molecule has 4 nitrogen and oxygen atoms in total. The lowest BCUT2D eigenvalue weighted by atomic mass is 10.1. The lowest BCUT2D eigenvalue weighted by Crippen LogP contribution is -2.06. The maximum absolute atomic E-state index is 13.7. The zero-order valence-electron chi connectivity index (χ0n) is 15.6. The fourth-order valence-electron chi connectivity index (χ4n) is 3.41. The summed E-state index contributed by atoms with van der Waals surface area (Å²) >= 11 is 0. The topological polar surface area (TPSA) is 86.2 Å². The highest BCUT2D eigenvalue weighted by atomic mass is 32.2. The van der Waals surface area contributed by atoms with Crippen LogP contribution in [0, 0.1) is 0 Å². The minimum absolute atomic E-state index is 0.238. The molecule has 0 heterocycles. The molecule has 0 saturated carbocycles. The Labute approximate surface area is 170 Å². The third-order valence-corrected chi connectivity index (χ3v) is 6.62. The second-order valence-electron chi connectivity index (χ2n) is 6.75. The molecule has 0 saturated heterocycles. The van der Waals surface area contributed by atoms with Gasteiger partial charge in [0.2, 0.25) is 9.84 Å². The minimum atomic E-state index is -3.80. The second-order valence-corrected chi connectivity index (χ2v) is 8.63. The Hall–Kier alpha value is -3.57. The molecular formula is C24H20N2O2S. The van der Waals surface area contributed by atoms with Gasteiger partial charge < -0.3 is 11.5 Å². The van der Waals surface area contributed by atoms with E-state index >= 15 is 0 Å². The molecule has 0 aromatic heterocycles. The zero-order chi connectivity index (χ0) is 20.4. The molecule has 0 atom stereocenters. The molecule has 4 aromatic carbocycles. The molecule has 4 aromatic rings. The predicted octanol–water partition coefficient (Wildman–Crippen LogP) is 5.02. The lowest BCUT2D eigenvalue weighted by Gasteiger charge is -2.15. The molecule has 144 valence electrons. The van der Waals surface area contributed by atoms with E-state index in [0.717, 1.165) is 11.1 Å². The van der Waals surface area contributed by atoms with Crippen molar-refractivity contribution in [2.24, 2.45) is 0 Å². The number of anilines is 2. The van der Waals surface area contributed by atoms with Crippen LogP contribution in [0.5, 0.6) is 0 Å². The van der Waals surface area contributed by atoms with Gasteiger partial charge >= 0.3 is 0 Å². The molecule has 0 bridgehead atoms. The first-order valence-electron chi connectivity index (χ1n) is 9.12. The smallest absolute Gasteiger partial charge is 0.207 e. The number of rotatable bonds is 4. The molecule has 0 radical (unpaired) electrons. The number of hydrogen-bond acceptors (Lipinski definition) is 4. The van der Waals surface area contributed by atoms with Crippen LogP contribution in [0.4, 0.5) is 11.4 Å². The molecule has 0 aliphatic carbocycles. The van der Waals surface area contributed by atoms with Crippen LogP contribution in [-0.4, -0.2) is 8.42 Å². The van der Waals surface area contributed by atoms with Gasteiger partial charge in [0.1, 0.15) is 0 Å². The van der Waals surface area contributed by atoms with Gasteiger partial charge in [0.15, 0.2) is 0 Å². The van der Waals surface area contributed by atoms with Gasteiger partial charge in [-0.25, -0.2) is 8.42 Å². The maximum atomic E-state index is 13.7. The summed E-state index contributed by atoms with van der Waals surface area (Å²) in [4.78, 5) is 0.476. The molecule has 4 rings (SSSR count). The SMILES string of the molecule is Nc1cccc(-c2ccccc2S(=O)(=O)c2ccccc2-c2cccc(N)c2)c1. The standard InChI is InChI=1S/C24H20N2O2S/c25-19-9-5-7-17(15-19)21-11-1-3-13-23(21)29(27,28)24-14-4-2-12-22(24)18-8-6-10-20(26)16-18/h1-16H,25-26H2. The number of nitrogen functional groups attached to an aromatic ring is 2. The monoisotopic (exact) mass is 400 g/mol. The first kappa shape index (κ1) is 18.8. The Morgan fingerprint density at radius 3 is 1.34 bits per heavy atom. The van der Waals surface area contributed by atoms with Crippen molar-refractivity contribution in [1.29, 1.82) is 0 Å². The molecular weight excluding hydrogens is 380 g/mol. The molecule has 0 amide bonds. The average Bonchev–Trinajstić information content (AvgIpc) is 2.74. The van der Waals surface area contributed by atoms with E-state index in [1.165, 1.54) is 0 Å².